The Balaban J connectivity index is 1.61. The van der Waals surface area contributed by atoms with Gasteiger partial charge in [0.2, 0.25) is 10.0 Å². The summed E-state index contributed by atoms with van der Waals surface area (Å²) in [5.74, 6) is 1.05. The predicted molar refractivity (Wildman–Crippen MR) is 145 cm³/mol. The molecule has 0 N–H and O–H groups in total. The van der Waals surface area contributed by atoms with Crippen LogP contribution in [0.25, 0.3) is 11.2 Å². The van der Waals surface area contributed by atoms with Gasteiger partial charge in [0.1, 0.15) is 12.2 Å². The number of halogens is 3. The van der Waals surface area contributed by atoms with E-state index in [0.29, 0.717) is 11.6 Å². The molecule has 5 rings (SSSR count). The molecule has 3 aromatic heterocycles. The first kappa shape index (κ1) is 29.0. The van der Waals surface area contributed by atoms with Crippen LogP contribution in [0.1, 0.15) is 47.7 Å². The summed E-state index contributed by atoms with van der Waals surface area (Å²) < 4.78 is 77.2. The number of hydrogen-bond acceptors (Lipinski definition) is 6. The maximum atomic E-state index is 14.2. The highest BCUT2D eigenvalue weighted by molar-refractivity contribution is 7.88. The minimum absolute atomic E-state index is 0.0206. The van der Waals surface area contributed by atoms with E-state index in [2.05, 4.69) is 10.2 Å². The lowest BCUT2D eigenvalue weighted by Gasteiger charge is -2.33. The molecule has 1 aliphatic carbocycles. The number of sulfonamides is 1. The van der Waals surface area contributed by atoms with Gasteiger partial charge in [0.05, 0.1) is 29.6 Å². The number of imidazole rings is 1. The Bertz CT molecular complexity index is 1720. The first-order chi connectivity index (χ1) is 19.4. The van der Waals surface area contributed by atoms with Crippen molar-refractivity contribution in [2.45, 2.75) is 37.9 Å². The molecule has 0 unspecified atom stereocenters. The van der Waals surface area contributed by atoms with E-state index in [4.69, 9.17) is 4.74 Å². The van der Waals surface area contributed by atoms with Crippen LogP contribution < -0.4 is 5.69 Å². The highest BCUT2D eigenvalue weighted by Gasteiger charge is 2.36. The van der Waals surface area contributed by atoms with E-state index in [0.717, 1.165) is 51.7 Å². The van der Waals surface area contributed by atoms with E-state index in [1.807, 2.05) is 23.7 Å². The first-order valence-electron chi connectivity index (χ1n) is 13.1. The zero-order valence-corrected chi connectivity index (χ0v) is 23.7. The number of aryl methyl sites for hydroxylation is 1. The number of methoxy groups -OCH3 is 1. The lowest BCUT2D eigenvalue weighted by Crippen LogP contribution is -2.33. The van der Waals surface area contributed by atoms with E-state index in [-0.39, 0.29) is 36.7 Å². The lowest BCUT2D eigenvalue weighted by molar-refractivity contribution is -0.136. The topological polar surface area (TPSA) is 104 Å². The van der Waals surface area contributed by atoms with Crippen molar-refractivity contribution < 1.29 is 26.3 Å². The summed E-state index contributed by atoms with van der Waals surface area (Å²) in [5.41, 5.74) is -0.741. The molecule has 0 saturated heterocycles. The molecule has 10 nitrogen and oxygen atoms in total. The van der Waals surface area contributed by atoms with Gasteiger partial charge in [0.15, 0.2) is 0 Å². The number of hydrogen-bond donors (Lipinski definition) is 0. The molecule has 0 bridgehead atoms. The highest BCUT2D eigenvalue weighted by atomic mass is 32.2. The molecular formula is C27H31F3N6O4S. The van der Waals surface area contributed by atoms with Crippen molar-refractivity contribution in [1.82, 2.24) is 28.0 Å². The maximum Gasteiger partial charge on any atom is 0.418 e. The van der Waals surface area contributed by atoms with Crippen molar-refractivity contribution >= 4 is 15.5 Å². The van der Waals surface area contributed by atoms with Gasteiger partial charge >= 0.3 is 11.9 Å². The second-order valence-corrected chi connectivity index (χ2v) is 12.4. The van der Waals surface area contributed by atoms with Gasteiger partial charge < -0.3 is 9.30 Å². The Hall–Kier alpha value is -3.49. The van der Waals surface area contributed by atoms with Crippen molar-refractivity contribution in [2.75, 3.05) is 26.5 Å². The third-order valence-electron chi connectivity index (χ3n) is 7.66. The van der Waals surface area contributed by atoms with Crippen molar-refractivity contribution in [1.29, 1.82) is 0 Å². The van der Waals surface area contributed by atoms with Crippen molar-refractivity contribution in [3.05, 3.63) is 82.1 Å². The van der Waals surface area contributed by atoms with E-state index in [1.54, 1.807) is 18.5 Å². The molecular weight excluding hydrogens is 561 g/mol. The number of fused-ring (bicyclic) bond motifs is 1. The fourth-order valence-electron chi connectivity index (χ4n) is 5.35. The smallest absolute Gasteiger partial charge is 0.383 e. The Kier molecular flexibility index (Phi) is 7.83. The molecule has 1 fully saturated rings. The van der Waals surface area contributed by atoms with Gasteiger partial charge in [-0.2, -0.15) is 17.5 Å². The zero-order valence-electron chi connectivity index (χ0n) is 22.9. The SMILES string of the molecule is COCCN(Cc1cc(C(F)(F)F)c2cn(-c3cccc([C@H](c4nncn4C)C4CCC4)c3)c(=O)n2c1)S(C)(=O)=O. The molecule has 1 aliphatic rings. The second-order valence-electron chi connectivity index (χ2n) is 10.4. The number of rotatable bonds is 10. The van der Waals surface area contributed by atoms with Crippen LogP contribution in [-0.4, -0.2) is 63.0 Å². The van der Waals surface area contributed by atoms with Gasteiger partial charge in [-0.25, -0.2) is 13.2 Å². The lowest BCUT2D eigenvalue weighted by atomic mass is 9.72. The number of benzene rings is 1. The van der Waals surface area contributed by atoms with Crippen LogP contribution in [0.4, 0.5) is 13.2 Å². The summed E-state index contributed by atoms with van der Waals surface area (Å²) in [5, 5.41) is 8.34. The summed E-state index contributed by atoms with van der Waals surface area (Å²) in [6.07, 6.45) is 3.39. The molecule has 41 heavy (non-hydrogen) atoms. The van der Waals surface area contributed by atoms with Gasteiger partial charge in [-0.3, -0.25) is 8.97 Å². The number of aromatic nitrogens is 5. The monoisotopic (exact) mass is 592 g/mol. The normalized spacial score (nSPS) is 15.5. The predicted octanol–water partition coefficient (Wildman–Crippen LogP) is 3.58. The number of ether oxygens (including phenoxy) is 1. The molecule has 1 saturated carbocycles. The Labute approximate surface area is 235 Å². The minimum atomic E-state index is -4.79. The van der Waals surface area contributed by atoms with Gasteiger partial charge in [0.25, 0.3) is 0 Å². The fraction of sp³-hybridized carbons (Fsp3) is 0.444. The van der Waals surface area contributed by atoms with Crippen LogP contribution >= 0.6 is 0 Å². The fourth-order valence-corrected chi connectivity index (χ4v) is 6.14. The molecule has 0 aliphatic heterocycles. The standard InChI is InChI=1S/C27H31F3N6O4S/c1-33-17-31-32-25(33)24(19-6-4-7-19)20-8-5-9-21(13-20)35-16-23-22(27(28,29)30)12-18(15-36(23)26(35)37)14-34(10-11-40-2)41(3,38)39/h5,8-9,12-13,15-17,19,24H,4,6-7,10-11,14H2,1-3H3/t24-/m1/s1. The van der Waals surface area contributed by atoms with E-state index < -0.39 is 27.5 Å². The third kappa shape index (κ3) is 5.81. The quantitative estimate of drug-likeness (QED) is 0.279. The Morgan fingerprint density at radius 1 is 1.20 bits per heavy atom. The number of pyridine rings is 1. The third-order valence-corrected chi connectivity index (χ3v) is 8.90. The van der Waals surface area contributed by atoms with Crippen LogP contribution in [0.15, 0.2) is 53.8 Å². The zero-order chi connectivity index (χ0) is 29.5. The maximum absolute atomic E-state index is 14.2. The van der Waals surface area contributed by atoms with Gasteiger partial charge in [-0.15, -0.1) is 10.2 Å². The molecule has 14 heteroatoms. The second kappa shape index (κ2) is 11.1. The Morgan fingerprint density at radius 2 is 1.95 bits per heavy atom. The largest absolute Gasteiger partial charge is 0.418 e. The molecule has 1 aromatic carbocycles. The summed E-state index contributed by atoms with van der Waals surface area (Å²) in [6.45, 7) is -0.343. The summed E-state index contributed by atoms with van der Waals surface area (Å²) in [4.78, 5) is 13.6. The van der Waals surface area contributed by atoms with Crippen LogP contribution in [0.3, 0.4) is 0 Å². The average Bonchev–Trinajstić information content (AvgIpc) is 3.45. The number of alkyl halides is 3. The molecule has 3 heterocycles. The van der Waals surface area contributed by atoms with Gasteiger partial charge in [0, 0.05) is 45.6 Å². The van der Waals surface area contributed by atoms with Crippen LogP contribution in [0.5, 0.6) is 0 Å². The molecule has 220 valence electrons. The average molecular weight is 593 g/mol. The molecule has 4 aromatic rings. The summed E-state index contributed by atoms with van der Waals surface area (Å²) in [6, 6.07) is 8.07. The minimum Gasteiger partial charge on any atom is -0.383 e. The van der Waals surface area contributed by atoms with Gasteiger partial charge in [-0.05, 0) is 48.1 Å². The van der Waals surface area contributed by atoms with Crippen molar-refractivity contribution in [3.8, 4) is 5.69 Å². The Morgan fingerprint density at radius 3 is 2.54 bits per heavy atom. The summed E-state index contributed by atoms with van der Waals surface area (Å²) in [7, 11) is -0.493. The molecule has 1 atom stereocenters. The van der Waals surface area contributed by atoms with E-state index in [9.17, 15) is 26.4 Å². The molecule has 0 spiro atoms. The van der Waals surface area contributed by atoms with Crippen molar-refractivity contribution in [2.24, 2.45) is 13.0 Å². The van der Waals surface area contributed by atoms with E-state index in [1.165, 1.54) is 24.1 Å². The summed E-state index contributed by atoms with van der Waals surface area (Å²) >= 11 is 0. The highest BCUT2D eigenvalue weighted by Crippen LogP contribution is 2.43. The molecule has 0 radical (unpaired) electrons. The van der Waals surface area contributed by atoms with Crippen LogP contribution in [-0.2, 0) is 34.5 Å². The molecule has 0 amide bonds. The first-order valence-corrected chi connectivity index (χ1v) is 15.0. The van der Waals surface area contributed by atoms with Crippen molar-refractivity contribution in [3.63, 3.8) is 0 Å². The van der Waals surface area contributed by atoms with Crippen LogP contribution in [0.2, 0.25) is 0 Å². The number of nitrogens with zero attached hydrogens (tertiary/aromatic N) is 6. The van der Waals surface area contributed by atoms with Crippen LogP contribution in [0, 0.1) is 5.92 Å². The van der Waals surface area contributed by atoms with Gasteiger partial charge in [-0.1, -0.05) is 18.6 Å². The van der Waals surface area contributed by atoms with E-state index >= 15 is 0 Å².